The van der Waals surface area contributed by atoms with Gasteiger partial charge in [0.2, 0.25) is 0 Å². The Morgan fingerprint density at radius 2 is 1.90 bits per heavy atom. The molecule has 1 aliphatic heterocycles. The van der Waals surface area contributed by atoms with Crippen LogP contribution in [0.1, 0.15) is 26.3 Å². The Labute approximate surface area is 124 Å². The lowest BCUT2D eigenvalue weighted by molar-refractivity contribution is 0.0639. The van der Waals surface area contributed by atoms with Gasteiger partial charge in [-0.3, -0.25) is 4.72 Å². The third-order valence-corrected chi connectivity index (χ3v) is 5.45. The van der Waals surface area contributed by atoms with Crippen molar-refractivity contribution in [1.29, 1.82) is 0 Å². The standard InChI is InChI=1S/C16H19NO3S/c1-16(2,3)14(18)9-10-7-8-13-15-11(10)5-4-6-12(15)17-21(13,19)20/h4-8,14,17-18H,9H2,1-3H3. The van der Waals surface area contributed by atoms with Crippen molar-refractivity contribution in [3.8, 4) is 0 Å². The van der Waals surface area contributed by atoms with E-state index in [0.717, 1.165) is 16.3 Å². The van der Waals surface area contributed by atoms with Crippen molar-refractivity contribution in [2.45, 2.75) is 38.2 Å². The van der Waals surface area contributed by atoms with Gasteiger partial charge in [0, 0.05) is 5.39 Å². The molecule has 0 radical (unpaired) electrons. The Morgan fingerprint density at radius 1 is 1.19 bits per heavy atom. The lowest BCUT2D eigenvalue weighted by Crippen LogP contribution is -2.28. The first-order chi connectivity index (χ1) is 9.70. The first-order valence-corrected chi connectivity index (χ1v) is 8.44. The summed E-state index contributed by atoms with van der Waals surface area (Å²) in [4.78, 5) is 0.321. The molecule has 0 saturated heterocycles. The topological polar surface area (TPSA) is 66.4 Å². The molecule has 0 saturated carbocycles. The van der Waals surface area contributed by atoms with Crippen LogP contribution in [-0.4, -0.2) is 19.6 Å². The summed E-state index contributed by atoms with van der Waals surface area (Å²) in [5.74, 6) is 0. The van der Waals surface area contributed by atoms with Crippen LogP contribution in [0.15, 0.2) is 35.2 Å². The number of nitrogens with one attached hydrogen (secondary N) is 1. The molecule has 1 unspecified atom stereocenters. The number of aliphatic hydroxyl groups excluding tert-OH is 1. The Bertz CT molecular complexity index is 819. The van der Waals surface area contributed by atoms with E-state index in [1.165, 1.54) is 0 Å². The highest BCUT2D eigenvalue weighted by Gasteiger charge is 2.29. The van der Waals surface area contributed by atoms with Gasteiger partial charge in [-0.25, -0.2) is 8.42 Å². The number of anilines is 1. The van der Waals surface area contributed by atoms with Crippen LogP contribution in [0.4, 0.5) is 5.69 Å². The van der Waals surface area contributed by atoms with Crippen molar-refractivity contribution >= 4 is 26.5 Å². The minimum absolute atomic E-state index is 0.215. The predicted octanol–water partition coefficient (Wildman–Crippen LogP) is 2.90. The second kappa shape index (κ2) is 4.45. The number of aliphatic hydroxyl groups is 1. The van der Waals surface area contributed by atoms with Gasteiger partial charge < -0.3 is 5.11 Å². The molecule has 1 aliphatic rings. The molecule has 3 rings (SSSR count). The molecular formula is C16H19NO3S. The highest BCUT2D eigenvalue weighted by Crippen LogP contribution is 2.39. The molecule has 0 amide bonds. The van der Waals surface area contributed by atoms with E-state index in [1.54, 1.807) is 18.2 Å². The van der Waals surface area contributed by atoms with Gasteiger partial charge in [-0.15, -0.1) is 0 Å². The molecule has 1 atom stereocenters. The van der Waals surface area contributed by atoms with E-state index in [-0.39, 0.29) is 5.41 Å². The second-order valence-corrected chi connectivity index (χ2v) is 8.29. The van der Waals surface area contributed by atoms with Crippen LogP contribution in [0.25, 0.3) is 10.8 Å². The zero-order valence-electron chi connectivity index (χ0n) is 12.3. The summed E-state index contributed by atoms with van der Waals surface area (Å²) < 4.78 is 26.7. The Kier molecular flexibility index (Phi) is 3.04. The van der Waals surface area contributed by atoms with Gasteiger partial charge in [0.05, 0.1) is 16.7 Å². The van der Waals surface area contributed by atoms with Crippen LogP contribution in [0, 0.1) is 5.41 Å². The molecule has 2 N–H and O–H groups in total. The van der Waals surface area contributed by atoms with E-state index >= 15 is 0 Å². The minimum atomic E-state index is -3.44. The fourth-order valence-electron chi connectivity index (χ4n) is 2.64. The molecule has 2 aromatic rings. The first kappa shape index (κ1) is 14.4. The number of hydrogen-bond acceptors (Lipinski definition) is 3. The van der Waals surface area contributed by atoms with Gasteiger partial charge in [0.25, 0.3) is 10.0 Å². The van der Waals surface area contributed by atoms with Crippen LogP contribution in [0.5, 0.6) is 0 Å². The lowest BCUT2D eigenvalue weighted by atomic mass is 9.84. The number of rotatable bonds is 2. The van der Waals surface area contributed by atoms with Crippen LogP contribution in [0.3, 0.4) is 0 Å². The lowest BCUT2D eigenvalue weighted by Gasteiger charge is -2.26. The average molecular weight is 305 g/mol. The number of sulfonamides is 1. The summed E-state index contributed by atoms with van der Waals surface area (Å²) in [6.07, 6.45) is 0.0181. The fraction of sp³-hybridized carbons (Fsp3) is 0.375. The van der Waals surface area contributed by atoms with Gasteiger partial charge in [0.1, 0.15) is 0 Å². The van der Waals surface area contributed by atoms with Gasteiger partial charge in [-0.2, -0.15) is 0 Å². The van der Waals surface area contributed by atoms with E-state index in [1.807, 2.05) is 32.9 Å². The first-order valence-electron chi connectivity index (χ1n) is 6.95. The third kappa shape index (κ3) is 2.30. The van der Waals surface area contributed by atoms with Crippen LogP contribution >= 0.6 is 0 Å². The summed E-state index contributed by atoms with van der Waals surface area (Å²) in [6.45, 7) is 5.97. The van der Waals surface area contributed by atoms with Gasteiger partial charge in [-0.05, 0) is 34.9 Å². The van der Waals surface area contributed by atoms with Crippen LogP contribution < -0.4 is 4.72 Å². The van der Waals surface area contributed by atoms with Gasteiger partial charge >= 0.3 is 0 Å². The van der Waals surface area contributed by atoms with Crippen molar-refractivity contribution in [3.05, 3.63) is 35.9 Å². The van der Waals surface area contributed by atoms with E-state index in [2.05, 4.69) is 4.72 Å². The molecule has 0 aromatic heterocycles. The minimum Gasteiger partial charge on any atom is -0.392 e. The van der Waals surface area contributed by atoms with Gasteiger partial charge in [-0.1, -0.05) is 39.0 Å². The molecule has 4 nitrogen and oxygen atoms in total. The summed E-state index contributed by atoms with van der Waals surface area (Å²) in [5.41, 5.74) is 1.37. The summed E-state index contributed by atoms with van der Waals surface area (Å²) in [6, 6.07) is 8.95. The van der Waals surface area contributed by atoms with E-state index in [0.29, 0.717) is 17.0 Å². The van der Waals surface area contributed by atoms with Crippen molar-refractivity contribution in [2.24, 2.45) is 5.41 Å². The second-order valence-electron chi connectivity index (χ2n) is 6.64. The number of benzene rings is 2. The van der Waals surface area contributed by atoms with Crippen LogP contribution in [-0.2, 0) is 16.4 Å². The zero-order valence-corrected chi connectivity index (χ0v) is 13.2. The van der Waals surface area contributed by atoms with Crippen LogP contribution in [0.2, 0.25) is 0 Å². The maximum atomic E-state index is 12.1. The Hall–Kier alpha value is -1.59. The van der Waals surface area contributed by atoms with Gasteiger partial charge in [0.15, 0.2) is 0 Å². The highest BCUT2D eigenvalue weighted by molar-refractivity contribution is 7.93. The maximum absolute atomic E-state index is 12.1. The maximum Gasteiger partial charge on any atom is 0.262 e. The van der Waals surface area contributed by atoms with Crippen molar-refractivity contribution in [3.63, 3.8) is 0 Å². The fourth-order valence-corrected chi connectivity index (χ4v) is 3.94. The smallest absolute Gasteiger partial charge is 0.262 e. The molecule has 0 fully saturated rings. The molecular weight excluding hydrogens is 286 g/mol. The van der Waals surface area contributed by atoms with Crippen molar-refractivity contribution in [2.75, 3.05) is 4.72 Å². The quantitative estimate of drug-likeness (QED) is 0.896. The van der Waals surface area contributed by atoms with E-state index in [9.17, 15) is 13.5 Å². The average Bonchev–Trinajstić information content (AvgIpc) is 2.63. The normalized spacial score (nSPS) is 17.7. The molecule has 0 aliphatic carbocycles. The molecule has 112 valence electrons. The van der Waals surface area contributed by atoms with E-state index < -0.39 is 16.1 Å². The van der Waals surface area contributed by atoms with Crippen molar-refractivity contribution in [1.82, 2.24) is 0 Å². The molecule has 5 heteroatoms. The summed E-state index contributed by atoms with van der Waals surface area (Å²) in [7, 11) is -3.44. The molecule has 1 heterocycles. The zero-order chi connectivity index (χ0) is 15.4. The number of hydrogen-bond donors (Lipinski definition) is 2. The summed E-state index contributed by atoms with van der Waals surface area (Å²) >= 11 is 0. The highest BCUT2D eigenvalue weighted by atomic mass is 32.2. The molecule has 0 spiro atoms. The molecule has 2 aromatic carbocycles. The Balaban J connectivity index is 2.17. The monoisotopic (exact) mass is 305 g/mol. The molecule has 21 heavy (non-hydrogen) atoms. The molecule has 0 bridgehead atoms. The Morgan fingerprint density at radius 3 is 2.57 bits per heavy atom. The van der Waals surface area contributed by atoms with E-state index in [4.69, 9.17) is 0 Å². The van der Waals surface area contributed by atoms with Crippen molar-refractivity contribution < 1.29 is 13.5 Å². The predicted molar refractivity (Wildman–Crippen MR) is 83.9 cm³/mol. The summed E-state index contributed by atoms with van der Waals surface area (Å²) in [5, 5.41) is 11.9. The SMILES string of the molecule is CC(C)(C)C(O)Cc1ccc2c3c(cccc13)NS2(=O)=O. The third-order valence-electron chi connectivity index (χ3n) is 4.04. The largest absolute Gasteiger partial charge is 0.392 e.